The third kappa shape index (κ3) is 3.41. The highest BCUT2D eigenvalue weighted by atomic mass is 16.5. The predicted octanol–water partition coefficient (Wildman–Crippen LogP) is 2.63. The number of morpholine rings is 1. The van der Waals surface area contributed by atoms with E-state index in [0.29, 0.717) is 6.10 Å². The average molecular weight is 281 g/mol. The molecule has 2 unspecified atom stereocenters. The van der Waals surface area contributed by atoms with Crippen molar-refractivity contribution in [3.63, 3.8) is 0 Å². The van der Waals surface area contributed by atoms with E-state index >= 15 is 0 Å². The number of furan rings is 1. The third-order valence-corrected chi connectivity index (χ3v) is 3.75. The minimum atomic E-state index is -0.436. The number of ether oxygens (including phenoxy) is 2. The van der Waals surface area contributed by atoms with Crippen LogP contribution in [0.15, 0.2) is 16.5 Å². The maximum absolute atomic E-state index is 11.4. The molecule has 0 aliphatic carbocycles. The molecule has 2 atom stereocenters. The molecular formula is C15H23NO4. The maximum Gasteiger partial charge on any atom is 0.373 e. The van der Waals surface area contributed by atoms with Gasteiger partial charge in [0.2, 0.25) is 5.76 Å². The summed E-state index contributed by atoms with van der Waals surface area (Å²) in [5.74, 6) is 0.615. The van der Waals surface area contributed by atoms with Crippen LogP contribution in [0.25, 0.3) is 0 Å². The van der Waals surface area contributed by atoms with Gasteiger partial charge in [0.05, 0.1) is 25.9 Å². The number of nitrogens with zero attached hydrogens (tertiary/aromatic N) is 1. The second-order valence-electron chi connectivity index (χ2n) is 5.15. The molecule has 0 amide bonds. The molecule has 20 heavy (non-hydrogen) atoms. The lowest BCUT2D eigenvalue weighted by Gasteiger charge is -2.36. The third-order valence-electron chi connectivity index (χ3n) is 3.75. The van der Waals surface area contributed by atoms with E-state index in [1.807, 2.05) is 6.07 Å². The minimum absolute atomic E-state index is 0.136. The normalized spacial score (nSPS) is 21.6. The highest BCUT2D eigenvalue weighted by molar-refractivity contribution is 5.86. The molecule has 0 N–H and O–H groups in total. The van der Waals surface area contributed by atoms with E-state index < -0.39 is 5.97 Å². The quantitative estimate of drug-likeness (QED) is 0.777. The fourth-order valence-corrected chi connectivity index (χ4v) is 2.56. The van der Waals surface area contributed by atoms with Crippen LogP contribution in [0, 0.1) is 0 Å². The van der Waals surface area contributed by atoms with Gasteiger partial charge in [0.15, 0.2) is 0 Å². The first-order valence-electron chi connectivity index (χ1n) is 7.19. The van der Waals surface area contributed by atoms with Gasteiger partial charge in [-0.25, -0.2) is 4.79 Å². The van der Waals surface area contributed by atoms with Crippen molar-refractivity contribution >= 4 is 5.97 Å². The zero-order valence-electron chi connectivity index (χ0n) is 12.4. The van der Waals surface area contributed by atoms with Crippen LogP contribution in [-0.2, 0) is 9.47 Å². The molecule has 5 heteroatoms. The van der Waals surface area contributed by atoms with Crippen molar-refractivity contribution < 1.29 is 18.7 Å². The molecule has 0 saturated carbocycles. The minimum Gasteiger partial charge on any atom is -0.463 e. The second kappa shape index (κ2) is 6.90. The van der Waals surface area contributed by atoms with Crippen LogP contribution in [-0.4, -0.2) is 43.8 Å². The van der Waals surface area contributed by atoms with Crippen molar-refractivity contribution in [1.82, 2.24) is 4.90 Å². The topological polar surface area (TPSA) is 51.9 Å². The van der Waals surface area contributed by atoms with Crippen LogP contribution in [0.3, 0.4) is 0 Å². The van der Waals surface area contributed by atoms with Crippen LogP contribution < -0.4 is 0 Å². The highest BCUT2D eigenvalue weighted by Crippen LogP contribution is 2.25. The van der Waals surface area contributed by atoms with Gasteiger partial charge in [0, 0.05) is 13.1 Å². The van der Waals surface area contributed by atoms with E-state index in [1.165, 1.54) is 7.11 Å². The lowest BCUT2D eigenvalue weighted by molar-refractivity contribution is -0.0474. The standard InChI is InChI=1S/C15H23NO4/c1-4-5-12-10-16(8-9-19-12)11(2)13-6-7-14(20-13)15(17)18-3/h6-7,11-12H,4-5,8-10H2,1-3H3. The molecule has 112 valence electrons. The Morgan fingerprint density at radius 2 is 2.35 bits per heavy atom. The summed E-state index contributed by atoms with van der Waals surface area (Å²) in [5, 5.41) is 0. The van der Waals surface area contributed by atoms with Crippen LogP contribution >= 0.6 is 0 Å². The van der Waals surface area contributed by atoms with E-state index in [4.69, 9.17) is 9.15 Å². The largest absolute Gasteiger partial charge is 0.463 e. The molecule has 1 saturated heterocycles. The zero-order chi connectivity index (χ0) is 14.5. The molecule has 0 aromatic carbocycles. The van der Waals surface area contributed by atoms with Gasteiger partial charge in [-0.3, -0.25) is 4.90 Å². The van der Waals surface area contributed by atoms with E-state index in [-0.39, 0.29) is 11.8 Å². The maximum atomic E-state index is 11.4. The van der Waals surface area contributed by atoms with Crippen molar-refractivity contribution in [3.05, 3.63) is 23.7 Å². The summed E-state index contributed by atoms with van der Waals surface area (Å²) in [5.41, 5.74) is 0. The fourth-order valence-electron chi connectivity index (χ4n) is 2.56. The van der Waals surface area contributed by atoms with Gasteiger partial charge in [-0.1, -0.05) is 13.3 Å². The molecule has 5 nitrogen and oxygen atoms in total. The molecule has 1 aliphatic heterocycles. The molecule has 0 spiro atoms. The molecule has 0 radical (unpaired) electrons. The Morgan fingerprint density at radius 1 is 1.55 bits per heavy atom. The number of carbonyl (C=O) groups is 1. The summed E-state index contributed by atoms with van der Waals surface area (Å²) < 4.78 is 16.0. The monoisotopic (exact) mass is 281 g/mol. The Balaban J connectivity index is 2.01. The molecule has 1 aliphatic rings. The van der Waals surface area contributed by atoms with Crippen LogP contribution in [0.1, 0.15) is 49.0 Å². The SMILES string of the molecule is CCCC1CN(C(C)c2ccc(C(=O)OC)o2)CCO1. The van der Waals surface area contributed by atoms with Gasteiger partial charge in [-0.05, 0) is 25.5 Å². The molecule has 2 heterocycles. The van der Waals surface area contributed by atoms with Crippen molar-refractivity contribution in [2.75, 3.05) is 26.8 Å². The van der Waals surface area contributed by atoms with Gasteiger partial charge in [-0.15, -0.1) is 0 Å². The first kappa shape index (κ1) is 15.1. The smallest absolute Gasteiger partial charge is 0.373 e. The number of esters is 1. The predicted molar refractivity (Wildman–Crippen MR) is 74.7 cm³/mol. The van der Waals surface area contributed by atoms with Gasteiger partial charge in [-0.2, -0.15) is 0 Å². The Labute approximate surface area is 119 Å². The summed E-state index contributed by atoms with van der Waals surface area (Å²) in [6, 6.07) is 3.65. The van der Waals surface area contributed by atoms with Gasteiger partial charge in [0.25, 0.3) is 0 Å². The lowest BCUT2D eigenvalue weighted by atomic mass is 10.1. The lowest BCUT2D eigenvalue weighted by Crippen LogP contribution is -2.43. The van der Waals surface area contributed by atoms with Gasteiger partial charge < -0.3 is 13.9 Å². The number of hydrogen-bond acceptors (Lipinski definition) is 5. The summed E-state index contributed by atoms with van der Waals surface area (Å²) in [4.78, 5) is 13.8. The molecule has 1 aromatic rings. The Hall–Kier alpha value is -1.33. The number of rotatable bonds is 5. The molecule has 2 rings (SSSR count). The second-order valence-corrected chi connectivity index (χ2v) is 5.15. The summed E-state index contributed by atoms with van der Waals surface area (Å²) >= 11 is 0. The Morgan fingerprint density at radius 3 is 3.05 bits per heavy atom. The molecule has 0 bridgehead atoms. The Kier molecular flexibility index (Phi) is 5.20. The zero-order valence-corrected chi connectivity index (χ0v) is 12.4. The van der Waals surface area contributed by atoms with E-state index in [2.05, 4.69) is 23.5 Å². The average Bonchev–Trinajstić information content (AvgIpc) is 2.96. The molecular weight excluding hydrogens is 258 g/mol. The molecule has 1 aromatic heterocycles. The first-order chi connectivity index (χ1) is 9.65. The fraction of sp³-hybridized carbons (Fsp3) is 0.667. The first-order valence-corrected chi connectivity index (χ1v) is 7.19. The van der Waals surface area contributed by atoms with Crippen LogP contribution in [0.2, 0.25) is 0 Å². The Bertz CT molecular complexity index is 441. The van der Waals surface area contributed by atoms with Crippen molar-refractivity contribution in [3.8, 4) is 0 Å². The van der Waals surface area contributed by atoms with Gasteiger partial charge in [0.1, 0.15) is 5.76 Å². The van der Waals surface area contributed by atoms with Crippen molar-refractivity contribution in [2.45, 2.75) is 38.8 Å². The summed E-state index contributed by atoms with van der Waals surface area (Å²) in [7, 11) is 1.35. The van der Waals surface area contributed by atoms with Crippen LogP contribution in [0.4, 0.5) is 0 Å². The number of methoxy groups -OCH3 is 1. The van der Waals surface area contributed by atoms with Gasteiger partial charge >= 0.3 is 5.97 Å². The highest BCUT2D eigenvalue weighted by Gasteiger charge is 2.26. The van der Waals surface area contributed by atoms with E-state index in [1.54, 1.807) is 6.07 Å². The summed E-state index contributed by atoms with van der Waals surface area (Å²) in [6.07, 6.45) is 2.50. The van der Waals surface area contributed by atoms with Crippen molar-refractivity contribution in [1.29, 1.82) is 0 Å². The summed E-state index contributed by atoms with van der Waals surface area (Å²) in [6.45, 7) is 6.80. The van der Waals surface area contributed by atoms with E-state index in [0.717, 1.165) is 38.3 Å². The number of hydrogen-bond donors (Lipinski definition) is 0. The number of carbonyl (C=O) groups excluding carboxylic acids is 1. The molecule has 1 fully saturated rings. The van der Waals surface area contributed by atoms with Crippen LogP contribution in [0.5, 0.6) is 0 Å². The van der Waals surface area contributed by atoms with E-state index in [9.17, 15) is 4.79 Å². The van der Waals surface area contributed by atoms with Crippen molar-refractivity contribution in [2.24, 2.45) is 0 Å².